The molecule has 0 saturated carbocycles. The molecular weight excluding hydrogens is 324 g/mol. The summed E-state index contributed by atoms with van der Waals surface area (Å²) >= 11 is 1.27. The molecule has 2 rings (SSSR count). The van der Waals surface area contributed by atoms with Gasteiger partial charge in [-0.05, 0) is 31.4 Å². The zero-order chi connectivity index (χ0) is 17.4. The van der Waals surface area contributed by atoms with Crippen LogP contribution in [-0.2, 0) is 11.2 Å². The number of hydrogen-bond donors (Lipinski definition) is 2. The lowest BCUT2D eigenvalue weighted by atomic mass is 10.2. The molecule has 0 radical (unpaired) electrons. The highest BCUT2D eigenvalue weighted by Gasteiger charge is 2.14. The summed E-state index contributed by atoms with van der Waals surface area (Å²) in [7, 11) is 0. The quantitative estimate of drug-likeness (QED) is 0.770. The molecule has 2 aromatic rings. The van der Waals surface area contributed by atoms with E-state index in [0.717, 1.165) is 22.7 Å². The van der Waals surface area contributed by atoms with E-state index < -0.39 is 0 Å². The van der Waals surface area contributed by atoms with Gasteiger partial charge in [-0.25, -0.2) is 0 Å². The van der Waals surface area contributed by atoms with Crippen molar-refractivity contribution < 1.29 is 9.59 Å². The summed E-state index contributed by atoms with van der Waals surface area (Å²) in [6, 6.07) is 7.58. The van der Waals surface area contributed by atoms with Gasteiger partial charge in [-0.1, -0.05) is 36.5 Å². The van der Waals surface area contributed by atoms with Crippen LogP contribution in [0, 0.1) is 6.92 Å². The van der Waals surface area contributed by atoms with Gasteiger partial charge in [-0.2, -0.15) is 0 Å². The summed E-state index contributed by atoms with van der Waals surface area (Å²) in [5, 5.41) is 14.8. The van der Waals surface area contributed by atoms with Crippen molar-refractivity contribution in [3.8, 4) is 0 Å². The fourth-order valence-corrected chi connectivity index (χ4v) is 2.86. The van der Waals surface area contributed by atoms with Crippen molar-refractivity contribution in [3.05, 3.63) is 39.8 Å². The van der Waals surface area contributed by atoms with Gasteiger partial charge < -0.3 is 10.6 Å². The van der Waals surface area contributed by atoms with Crippen LogP contribution in [0.1, 0.15) is 46.6 Å². The number of hydrogen-bond acceptors (Lipinski definition) is 5. The van der Waals surface area contributed by atoms with E-state index in [4.69, 9.17) is 0 Å². The average molecular weight is 346 g/mol. The predicted molar refractivity (Wildman–Crippen MR) is 95.3 cm³/mol. The average Bonchev–Trinajstić information content (AvgIpc) is 3.04. The van der Waals surface area contributed by atoms with Gasteiger partial charge in [0.25, 0.3) is 5.91 Å². The summed E-state index contributed by atoms with van der Waals surface area (Å²) in [6.45, 7) is 4.66. The number of rotatable bonds is 8. The van der Waals surface area contributed by atoms with Crippen molar-refractivity contribution in [2.75, 3.05) is 11.9 Å². The van der Waals surface area contributed by atoms with Gasteiger partial charge in [0.1, 0.15) is 5.01 Å². The lowest BCUT2D eigenvalue weighted by Crippen LogP contribution is -2.23. The van der Waals surface area contributed by atoms with Gasteiger partial charge in [-0.3, -0.25) is 9.59 Å². The summed E-state index contributed by atoms with van der Waals surface area (Å²) < 4.78 is 0. The molecule has 6 nitrogen and oxygen atoms in total. The number of nitrogens with one attached hydrogen (secondary N) is 2. The van der Waals surface area contributed by atoms with E-state index >= 15 is 0 Å². The molecule has 0 fully saturated rings. The number of aromatic nitrogens is 2. The number of para-hydroxylation sites is 1. The minimum Gasteiger partial charge on any atom is -0.356 e. The number of anilines is 1. The van der Waals surface area contributed by atoms with Crippen LogP contribution in [-0.4, -0.2) is 28.6 Å². The Hall–Kier alpha value is -2.28. The Labute approximate surface area is 145 Å². The first kappa shape index (κ1) is 18.1. The van der Waals surface area contributed by atoms with Gasteiger partial charge in [0, 0.05) is 25.1 Å². The van der Waals surface area contributed by atoms with E-state index in [1.807, 2.05) is 38.1 Å². The van der Waals surface area contributed by atoms with Crippen LogP contribution in [0.5, 0.6) is 0 Å². The second kappa shape index (κ2) is 9.12. The van der Waals surface area contributed by atoms with E-state index in [0.29, 0.717) is 30.8 Å². The molecule has 2 N–H and O–H groups in total. The largest absolute Gasteiger partial charge is 0.356 e. The van der Waals surface area contributed by atoms with Crippen LogP contribution < -0.4 is 10.6 Å². The molecule has 0 bridgehead atoms. The second-order valence-corrected chi connectivity index (χ2v) is 6.54. The van der Waals surface area contributed by atoms with Crippen molar-refractivity contribution in [2.45, 2.75) is 39.5 Å². The molecule has 0 aliphatic carbocycles. The molecule has 7 heteroatoms. The number of carbonyl (C=O) groups is 2. The highest BCUT2D eigenvalue weighted by molar-refractivity contribution is 7.13. The number of benzene rings is 1. The Morgan fingerprint density at radius 3 is 2.75 bits per heavy atom. The third kappa shape index (κ3) is 5.42. The van der Waals surface area contributed by atoms with E-state index in [1.165, 1.54) is 11.3 Å². The highest BCUT2D eigenvalue weighted by atomic mass is 32.1. The minimum atomic E-state index is -0.256. The van der Waals surface area contributed by atoms with Gasteiger partial charge in [-0.15, -0.1) is 10.2 Å². The summed E-state index contributed by atoms with van der Waals surface area (Å²) in [5.74, 6) is -0.201. The minimum absolute atomic E-state index is 0.0545. The predicted octanol–water partition coefficient (Wildman–Crippen LogP) is 2.95. The van der Waals surface area contributed by atoms with Crippen molar-refractivity contribution in [2.24, 2.45) is 0 Å². The van der Waals surface area contributed by atoms with Crippen LogP contribution in [0.15, 0.2) is 24.3 Å². The molecule has 1 aromatic carbocycles. The van der Waals surface area contributed by atoms with Crippen molar-refractivity contribution in [1.29, 1.82) is 0 Å². The fourth-order valence-electron chi connectivity index (χ4n) is 2.09. The first-order valence-corrected chi connectivity index (χ1v) is 8.88. The number of nitrogens with zero attached hydrogens (tertiary/aromatic N) is 2. The van der Waals surface area contributed by atoms with Gasteiger partial charge >= 0.3 is 0 Å². The number of amides is 2. The molecule has 0 unspecified atom stereocenters. The molecular formula is C17H22N4O2S. The molecule has 1 aromatic heterocycles. The third-order valence-corrected chi connectivity index (χ3v) is 4.40. The van der Waals surface area contributed by atoms with Gasteiger partial charge in [0.2, 0.25) is 10.9 Å². The van der Waals surface area contributed by atoms with Crippen LogP contribution in [0.2, 0.25) is 0 Å². The first-order valence-electron chi connectivity index (χ1n) is 8.06. The summed E-state index contributed by atoms with van der Waals surface area (Å²) in [5.41, 5.74) is 1.76. The number of aryl methyl sites for hydroxylation is 2. The van der Waals surface area contributed by atoms with E-state index in [1.54, 1.807) is 0 Å². The zero-order valence-electron chi connectivity index (χ0n) is 14.0. The maximum atomic E-state index is 12.2. The van der Waals surface area contributed by atoms with Crippen LogP contribution in [0.25, 0.3) is 0 Å². The molecule has 128 valence electrons. The zero-order valence-corrected chi connectivity index (χ0v) is 14.8. The number of carbonyl (C=O) groups excluding carboxylic acids is 2. The van der Waals surface area contributed by atoms with E-state index in [9.17, 15) is 9.59 Å². The molecule has 1 heterocycles. The Morgan fingerprint density at radius 1 is 1.21 bits per heavy atom. The monoisotopic (exact) mass is 346 g/mol. The normalized spacial score (nSPS) is 10.4. The van der Waals surface area contributed by atoms with Crippen LogP contribution >= 0.6 is 11.3 Å². The maximum Gasteiger partial charge on any atom is 0.286 e. The Kier molecular flexibility index (Phi) is 6.87. The lowest BCUT2D eigenvalue weighted by Gasteiger charge is -2.05. The topological polar surface area (TPSA) is 84.0 Å². The Balaban J connectivity index is 1.83. The highest BCUT2D eigenvalue weighted by Crippen LogP contribution is 2.17. The van der Waals surface area contributed by atoms with Gasteiger partial charge in [0.15, 0.2) is 0 Å². The maximum absolute atomic E-state index is 12.2. The summed E-state index contributed by atoms with van der Waals surface area (Å²) in [6.07, 6.45) is 2.74. The molecule has 0 aliphatic rings. The first-order chi connectivity index (χ1) is 11.6. The van der Waals surface area contributed by atoms with Gasteiger partial charge in [0.05, 0.1) is 0 Å². The van der Waals surface area contributed by atoms with Crippen LogP contribution in [0.4, 0.5) is 5.69 Å². The Morgan fingerprint density at radius 2 is 2.00 bits per heavy atom. The SMILES string of the molecule is CCCNC(=O)CCCc1nnc(C(=O)Nc2ccccc2C)s1. The molecule has 0 spiro atoms. The summed E-state index contributed by atoms with van der Waals surface area (Å²) in [4.78, 5) is 23.7. The van der Waals surface area contributed by atoms with Crippen molar-refractivity contribution in [1.82, 2.24) is 15.5 Å². The molecule has 0 aliphatic heterocycles. The van der Waals surface area contributed by atoms with Crippen LogP contribution in [0.3, 0.4) is 0 Å². The second-order valence-electron chi connectivity index (χ2n) is 5.47. The molecule has 2 amide bonds. The molecule has 0 saturated heterocycles. The standard InChI is InChI=1S/C17H22N4O2S/c1-3-11-18-14(22)9-6-10-15-20-21-17(24-15)16(23)19-13-8-5-4-7-12(13)2/h4-5,7-8H,3,6,9-11H2,1-2H3,(H,18,22)(H,19,23). The van der Waals surface area contributed by atoms with Crippen molar-refractivity contribution >= 4 is 28.8 Å². The Bertz CT molecular complexity index is 699. The fraction of sp³-hybridized carbons (Fsp3) is 0.412. The van der Waals surface area contributed by atoms with E-state index in [-0.39, 0.29) is 11.8 Å². The smallest absolute Gasteiger partial charge is 0.286 e. The molecule has 0 atom stereocenters. The lowest BCUT2D eigenvalue weighted by molar-refractivity contribution is -0.121. The third-order valence-electron chi connectivity index (χ3n) is 3.42. The van der Waals surface area contributed by atoms with Crippen molar-refractivity contribution in [3.63, 3.8) is 0 Å². The van der Waals surface area contributed by atoms with E-state index in [2.05, 4.69) is 20.8 Å². The molecule has 24 heavy (non-hydrogen) atoms.